The maximum Gasteiger partial charge on any atom is 0.255 e. The highest BCUT2D eigenvalue weighted by atomic mass is 35.5. The fraction of sp³-hybridized carbons (Fsp3) is 0.286. The third kappa shape index (κ3) is 4.75. The summed E-state index contributed by atoms with van der Waals surface area (Å²) in [5.41, 5.74) is 9.09. The summed E-state index contributed by atoms with van der Waals surface area (Å²) in [6.07, 6.45) is 2.50. The predicted octanol–water partition coefficient (Wildman–Crippen LogP) is 3.47. The summed E-state index contributed by atoms with van der Waals surface area (Å²) in [4.78, 5) is 34.4. The number of aromatic amines is 1. The number of halogens is 2. The number of carbonyl (C=O) groups is 2. The van der Waals surface area contributed by atoms with Crippen molar-refractivity contribution in [3.8, 4) is 0 Å². The second kappa shape index (κ2) is 9.47. The van der Waals surface area contributed by atoms with E-state index in [1.165, 1.54) is 0 Å². The molecule has 1 aromatic heterocycles. The van der Waals surface area contributed by atoms with Gasteiger partial charge < -0.3 is 20.9 Å². The number of hydrogen-bond acceptors (Lipinski definition) is 4. The fourth-order valence-corrected chi connectivity index (χ4v) is 3.56. The number of nitrogens with one attached hydrogen (secondary N) is 2. The number of nitrogens with two attached hydrogens (primary N) is 1. The van der Waals surface area contributed by atoms with E-state index in [1.54, 1.807) is 48.8 Å². The number of amides is 2. The summed E-state index contributed by atoms with van der Waals surface area (Å²) in [5.74, 6) is -0.273. The van der Waals surface area contributed by atoms with Gasteiger partial charge in [0, 0.05) is 29.9 Å². The summed E-state index contributed by atoms with van der Waals surface area (Å²) >= 11 is 0. The Morgan fingerprint density at radius 3 is 2.73 bits per heavy atom. The van der Waals surface area contributed by atoms with Crippen molar-refractivity contribution < 1.29 is 9.59 Å². The number of likely N-dealkylation sites (tertiary alicyclic amines) is 1. The lowest BCUT2D eigenvalue weighted by atomic mass is 9.90. The molecule has 3 aromatic rings. The highest BCUT2D eigenvalue weighted by Gasteiger charge is 2.35. The van der Waals surface area contributed by atoms with Crippen LogP contribution in [-0.2, 0) is 0 Å². The third-order valence-electron chi connectivity index (χ3n) is 5.39. The van der Waals surface area contributed by atoms with E-state index in [0.717, 1.165) is 17.5 Å². The van der Waals surface area contributed by atoms with Gasteiger partial charge in [0.1, 0.15) is 0 Å². The van der Waals surface area contributed by atoms with Gasteiger partial charge in [0.25, 0.3) is 11.8 Å². The zero-order valence-electron chi connectivity index (χ0n) is 16.6. The molecule has 0 radical (unpaired) electrons. The molecular formula is C21H25Cl2N5O2. The smallest absolute Gasteiger partial charge is 0.255 e. The Bertz CT molecular complexity index is 1050. The van der Waals surface area contributed by atoms with E-state index in [0.29, 0.717) is 36.4 Å². The molecule has 1 aliphatic rings. The van der Waals surface area contributed by atoms with Crippen LogP contribution in [0.1, 0.15) is 34.1 Å². The number of nitrogens with zero attached hydrogens (tertiary/aromatic N) is 2. The SMILES string of the molecule is CC1(CN)CCN(C(=O)c2cccc(NC(=O)c3ccc4nc[nH]c4c3)c2)C1.Cl.Cl. The summed E-state index contributed by atoms with van der Waals surface area (Å²) in [5, 5.41) is 2.86. The van der Waals surface area contributed by atoms with Crippen molar-refractivity contribution in [2.45, 2.75) is 13.3 Å². The van der Waals surface area contributed by atoms with Gasteiger partial charge in [-0.3, -0.25) is 9.59 Å². The van der Waals surface area contributed by atoms with E-state index in [-0.39, 0.29) is 42.0 Å². The average molecular weight is 450 g/mol. The van der Waals surface area contributed by atoms with Gasteiger partial charge in [-0.05, 0) is 54.8 Å². The minimum Gasteiger partial charge on any atom is -0.345 e. The lowest BCUT2D eigenvalue weighted by molar-refractivity contribution is 0.0776. The molecular weight excluding hydrogens is 425 g/mol. The van der Waals surface area contributed by atoms with E-state index in [4.69, 9.17) is 5.73 Å². The summed E-state index contributed by atoms with van der Waals surface area (Å²) in [6.45, 7) is 4.03. The first-order valence-electron chi connectivity index (χ1n) is 9.31. The first kappa shape index (κ1) is 23.7. The monoisotopic (exact) mass is 449 g/mol. The van der Waals surface area contributed by atoms with Gasteiger partial charge in [-0.15, -0.1) is 24.8 Å². The van der Waals surface area contributed by atoms with Crippen molar-refractivity contribution in [2.75, 3.05) is 25.0 Å². The molecule has 0 bridgehead atoms. The Morgan fingerprint density at radius 2 is 2.00 bits per heavy atom. The number of anilines is 1. The highest BCUT2D eigenvalue weighted by molar-refractivity contribution is 6.06. The van der Waals surface area contributed by atoms with Crippen LogP contribution in [0.2, 0.25) is 0 Å². The number of H-pyrrole nitrogens is 1. The molecule has 0 saturated carbocycles. The van der Waals surface area contributed by atoms with Crippen molar-refractivity contribution in [3.05, 3.63) is 59.9 Å². The maximum atomic E-state index is 12.8. The molecule has 1 fully saturated rings. The van der Waals surface area contributed by atoms with E-state index in [2.05, 4.69) is 22.2 Å². The molecule has 160 valence electrons. The van der Waals surface area contributed by atoms with Crippen LogP contribution in [0.15, 0.2) is 48.8 Å². The standard InChI is InChI=1S/C21H23N5O2.2ClH/c1-21(11-22)7-8-26(12-21)20(28)15-3-2-4-16(9-15)25-19(27)14-5-6-17-18(10-14)24-13-23-17;;/h2-6,9-10,13H,7-8,11-12,22H2,1H3,(H,23,24)(H,25,27);2*1H. The summed E-state index contributed by atoms with van der Waals surface area (Å²) in [7, 11) is 0. The van der Waals surface area contributed by atoms with Crippen LogP contribution in [-0.4, -0.2) is 46.3 Å². The molecule has 0 aliphatic carbocycles. The Morgan fingerprint density at radius 1 is 1.20 bits per heavy atom. The molecule has 30 heavy (non-hydrogen) atoms. The number of imidazole rings is 1. The van der Waals surface area contributed by atoms with Crippen LogP contribution in [0.25, 0.3) is 11.0 Å². The van der Waals surface area contributed by atoms with E-state index >= 15 is 0 Å². The van der Waals surface area contributed by atoms with Gasteiger partial charge in [0.05, 0.1) is 17.4 Å². The number of benzene rings is 2. The second-order valence-electron chi connectivity index (χ2n) is 7.66. The van der Waals surface area contributed by atoms with Gasteiger partial charge >= 0.3 is 0 Å². The molecule has 1 atom stereocenters. The van der Waals surface area contributed by atoms with Gasteiger partial charge in [-0.1, -0.05) is 13.0 Å². The third-order valence-corrected chi connectivity index (χ3v) is 5.39. The minimum atomic E-state index is -0.238. The predicted molar refractivity (Wildman–Crippen MR) is 123 cm³/mol. The molecule has 1 aliphatic heterocycles. The number of rotatable bonds is 4. The highest BCUT2D eigenvalue weighted by Crippen LogP contribution is 2.29. The Hall–Kier alpha value is -2.61. The zero-order valence-corrected chi connectivity index (χ0v) is 18.2. The number of aromatic nitrogens is 2. The molecule has 2 aromatic carbocycles. The normalized spacial score (nSPS) is 17.9. The average Bonchev–Trinajstić information content (AvgIpc) is 3.34. The Kier molecular flexibility index (Phi) is 7.47. The molecule has 1 saturated heterocycles. The summed E-state index contributed by atoms with van der Waals surface area (Å²) in [6, 6.07) is 12.3. The lowest BCUT2D eigenvalue weighted by Crippen LogP contribution is -2.34. The van der Waals surface area contributed by atoms with Crippen molar-refractivity contribution in [2.24, 2.45) is 11.1 Å². The molecule has 9 heteroatoms. The molecule has 0 spiro atoms. The first-order valence-corrected chi connectivity index (χ1v) is 9.31. The Balaban J connectivity index is 0.00000160. The van der Waals surface area contributed by atoms with Gasteiger partial charge in [-0.25, -0.2) is 4.98 Å². The molecule has 2 amide bonds. The van der Waals surface area contributed by atoms with Crippen LogP contribution in [0.5, 0.6) is 0 Å². The van der Waals surface area contributed by atoms with Gasteiger partial charge in [0.15, 0.2) is 0 Å². The van der Waals surface area contributed by atoms with Crippen LogP contribution in [0, 0.1) is 5.41 Å². The largest absolute Gasteiger partial charge is 0.345 e. The van der Waals surface area contributed by atoms with E-state index < -0.39 is 0 Å². The van der Waals surface area contributed by atoms with Crippen LogP contribution < -0.4 is 11.1 Å². The second-order valence-corrected chi connectivity index (χ2v) is 7.66. The molecule has 4 N–H and O–H groups in total. The lowest BCUT2D eigenvalue weighted by Gasteiger charge is -2.22. The van der Waals surface area contributed by atoms with Crippen LogP contribution in [0.3, 0.4) is 0 Å². The Labute approximate surface area is 187 Å². The number of hydrogen-bond donors (Lipinski definition) is 3. The van der Waals surface area contributed by atoms with E-state index in [1.807, 2.05) is 4.90 Å². The molecule has 7 nitrogen and oxygen atoms in total. The maximum absolute atomic E-state index is 12.8. The molecule has 1 unspecified atom stereocenters. The van der Waals surface area contributed by atoms with Crippen molar-refractivity contribution in [1.82, 2.24) is 14.9 Å². The number of fused-ring (bicyclic) bond motifs is 1. The first-order chi connectivity index (χ1) is 13.5. The fourth-order valence-electron chi connectivity index (χ4n) is 3.56. The topological polar surface area (TPSA) is 104 Å². The number of carbonyl (C=O) groups excluding carboxylic acids is 2. The van der Waals surface area contributed by atoms with Gasteiger partial charge in [-0.2, -0.15) is 0 Å². The van der Waals surface area contributed by atoms with Crippen LogP contribution >= 0.6 is 24.8 Å². The molecule has 2 heterocycles. The zero-order chi connectivity index (χ0) is 19.7. The quantitative estimate of drug-likeness (QED) is 0.566. The summed E-state index contributed by atoms with van der Waals surface area (Å²) < 4.78 is 0. The van der Waals surface area contributed by atoms with Crippen molar-refractivity contribution in [3.63, 3.8) is 0 Å². The van der Waals surface area contributed by atoms with Crippen LogP contribution in [0.4, 0.5) is 5.69 Å². The molecule has 4 rings (SSSR count). The van der Waals surface area contributed by atoms with Gasteiger partial charge in [0.2, 0.25) is 0 Å². The van der Waals surface area contributed by atoms with E-state index in [9.17, 15) is 9.59 Å². The van der Waals surface area contributed by atoms with Crippen molar-refractivity contribution in [1.29, 1.82) is 0 Å². The van der Waals surface area contributed by atoms with Crippen molar-refractivity contribution >= 4 is 53.3 Å². The minimum absolute atomic E-state index is 0.